The number of carbonyl (C=O) groups is 1. The van der Waals surface area contributed by atoms with Gasteiger partial charge in [-0.3, -0.25) is 4.79 Å². The maximum absolute atomic E-state index is 12.0. The maximum Gasteiger partial charge on any atom is 0.220 e. The zero-order valence-corrected chi connectivity index (χ0v) is 15.1. The zero-order valence-electron chi connectivity index (χ0n) is 14.3. The molecule has 0 aliphatic heterocycles. The van der Waals surface area contributed by atoms with Gasteiger partial charge in [0.25, 0.3) is 0 Å². The average Bonchev–Trinajstić information content (AvgIpc) is 3.27. The number of thiazole rings is 1. The Hall–Kier alpha value is -2.80. The lowest BCUT2D eigenvalue weighted by Gasteiger charge is -2.05. The number of hydrogen-bond acceptors (Lipinski definition) is 5. The van der Waals surface area contributed by atoms with Gasteiger partial charge < -0.3 is 5.32 Å². The SMILES string of the molecule is O=C(CCc1nc2ccccc2s1)NCCCn1nnc2ccccc21. The van der Waals surface area contributed by atoms with E-state index in [2.05, 4.69) is 26.7 Å². The van der Waals surface area contributed by atoms with E-state index in [1.54, 1.807) is 11.3 Å². The summed E-state index contributed by atoms with van der Waals surface area (Å²) < 4.78 is 3.05. The topological polar surface area (TPSA) is 72.7 Å². The van der Waals surface area contributed by atoms with Crippen LogP contribution in [0.15, 0.2) is 48.5 Å². The molecule has 0 fully saturated rings. The number of fused-ring (bicyclic) bond motifs is 2. The third-order valence-electron chi connectivity index (χ3n) is 4.19. The van der Waals surface area contributed by atoms with Crippen molar-refractivity contribution in [3.8, 4) is 0 Å². The van der Waals surface area contributed by atoms with E-state index in [0.29, 0.717) is 19.4 Å². The molecule has 0 unspecified atom stereocenters. The Kier molecular flexibility index (Phi) is 4.88. The normalized spacial score (nSPS) is 11.2. The first-order valence-corrected chi connectivity index (χ1v) is 9.50. The molecule has 7 heteroatoms. The van der Waals surface area contributed by atoms with Crippen LogP contribution in [0.5, 0.6) is 0 Å². The fourth-order valence-electron chi connectivity index (χ4n) is 2.87. The molecule has 132 valence electrons. The molecular formula is C19H19N5OS. The van der Waals surface area contributed by atoms with Gasteiger partial charge in [-0.05, 0) is 30.7 Å². The number of aromatic nitrogens is 4. The quantitative estimate of drug-likeness (QED) is 0.511. The van der Waals surface area contributed by atoms with Crippen LogP contribution in [0.4, 0.5) is 0 Å². The smallest absolute Gasteiger partial charge is 0.220 e. The average molecular weight is 365 g/mol. The Morgan fingerprint density at radius 1 is 1.08 bits per heavy atom. The Bertz CT molecular complexity index is 1010. The van der Waals surface area contributed by atoms with E-state index < -0.39 is 0 Å². The van der Waals surface area contributed by atoms with E-state index in [4.69, 9.17) is 0 Å². The summed E-state index contributed by atoms with van der Waals surface area (Å²) in [6.07, 6.45) is 1.96. The third kappa shape index (κ3) is 3.72. The maximum atomic E-state index is 12.0. The lowest BCUT2D eigenvalue weighted by atomic mass is 10.3. The Morgan fingerprint density at radius 3 is 2.77 bits per heavy atom. The summed E-state index contributed by atoms with van der Waals surface area (Å²) >= 11 is 1.66. The van der Waals surface area contributed by atoms with Crippen molar-refractivity contribution in [1.82, 2.24) is 25.3 Å². The van der Waals surface area contributed by atoms with E-state index in [9.17, 15) is 4.79 Å². The highest BCUT2D eigenvalue weighted by Gasteiger charge is 2.07. The number of carbonyl (C=O) groups excluding carboxylic acids is 1. The van der Waals surface area contributed by atoms with Gasteiger partial charge in [0.2, 0.25) is 5.91 Å². The summed E-state index contributed by atoms with van der Waals surface area (Å²) in [7, 11) is 0. The molecule has 1 N–H and O–H groups in total. The zero-order chi connectivity index (χ0) is 17.8. The van der Waals surface area contributed by atoms with Gasteiger partial charge in [-0.15, -0.1) is 16.4 Å². The fourth-order valence-corrected chi connectivity index (χ4v) is 3.84. The highest BCUT2D eigenvalue weighted by Crippen LogP contribution is 2.22. The monoisotopic (exact) mass is 365 g/mol. The predicted octanol–water partition coefficient (Wildman–Crippen LogP) is 3.18. The largest absolute Gasteiger partial charge is 0.356 e. The number of aryl methyl sites for hydroxylation is 2. The summed E-state index contributed by atoms with van der Waals surface area (Å²) in [4.78, 5) is 16.6. The summed E-state index contributed by atoms with van der Waals surface area (Å²) in [6.45, 7) is 1.37. The van der Waals surface area contributed by atoms with Crippen molar-refractivity contribution in [3.63, 3.8) is 0 Å². The molecule has 0 radical (unpaired) electrons. The number of para-hydroxylation sites is 2. The van der Waals surface area contributed by atoms with Crippen LogP contribution in [0.25, 0.3) is 21.3 Å². The molecule has 26 heavy (non-hydrogen) atoms. The molecule has 1 amide bonds. The van der Waals surface area contributed by atoms with Crippen LogP contribution in [0.1, 0.15) is 17.8 Å². The molecule has 0 saturated carbocycles. The van der Waals surface area contributed by atoms with E-state index in [1.165, 1.54) is 4.70 Å². The van der Waals surface area contributed by atoms with Gasteiger partial charge in [0.05, 0.1) is 20.7 Å². The Balaban J connectivity index is 1.21. The first-order valence-electron chi connectivity index (χ1n) is 8.69. The van der Waals surface area contributed by atoms with Crippen molar-refractivity contribution in [2.45, 2.75) is 25.8 Å². The second-order valence-electron chi connectivity index (χ2n) is 6.08. The van der Waals surface area contributed by atoms with Crippen molar-refractivity contribution < 1.29 is 4.79 Å². The van der Waals surface area contributed by atoms with Gasteiger partial charge >= 0.3 is 0 Å². The number of nitrogens with zero attached hydrogens (tertiary/aromatic N) is 4. The van der Waals surface area contributed by atoms with Gasteiger partial charge in [0, 0.05) is 25.9 Å². The highest BCUT2D eigenvalue weighted by molar-refractivity contribution is 7.18. The molecule has 0 aliphatic carbocycles. The predicted molar refractivity (Wildman–Crippen MR) is 103 cm³/mol. The van der Waals surface area contributed by atoms with Crippen molar-refractivity contribution in [1.29, 1.82) is 0 Å². The number of benzene rings is 2. The molecular weight excluding hydrogens is 346 g/mol. The lowest BCUT2D eigenvalue weighted by molar-refractivity contribution is -0.121. The van der Waals surface area contributed by atoms with E-state index in [-0.39, 0.29) is 5.91 Å². The van der Waals surface area contributed by atoms with Gasteiger partial charge in [0.1, 0.15) is 5.52 Å². The standard InChI is InChI=1S/C19H19N5OS/c25-18(10-11-19-21-15-7-2-4-9-17(15)26-19)20-12-5-13-24-16-8-3-1-6-14(16)22-23-24/h1-4,6-9H,5,10-13H2,(H,20,25). The minimum absolute atomic E-state index is 0.0627. The van der Waals surface area contributed by atoms with Crippen molar-refractivity contribution in [3.05, 3.63) is 53.5 Å². The van der Waals surface area contributed by atoms with Crippen LogP contribution < -0.4 is 5.32 Å². The lowest BCUT2D eigenvalue weighted by Crippen LogP contribution is -2.25. The molecule has 2 aromatic heterocycles. The molecule has 0 bridgehead atoms. The molecule has 0 saturated heterocycles. The van der Waals surface area contributed by atoms with E-state index in [1.807, 2.05) is 47.1 Å². The van der Waals surface area contributed by atoms with Crippen LogP contribution in [-0.4, -0.2) is 32.4 Å². The molecule has 2 heterocycles. The summed E-state index contributed by atoms with van der Waals surface area (Å²) in [5, 5.41) is 12.3. The Labute approximate surface area is 154 Å². The summed E-state index contributed by atoms with van der Waals surface area (Å²) in [5.41, 5.74) is 2.93. The van der Waals surface area contributed by atoms with Crippen LogP contribution >= 0.6 is 11.3 Å². The molecule has 4 rings (SSSR count). The Morgan fingerprint density at radius 2 is 1.88 bits per heavy atom. The van der Waals surface area contributed by atoms with Gasteiger partial charge in [-0.2, -0.15) is 0 Å². The molecule has 2 aromatic carbocycles. The highest BCUT2D eigenvalue weighted by atomic mass is 32.1. The molecule has 0 spiro atoms. The molecule has 0 aliphatic rings. The van der Waals surface area contributed by atoms with Crippen LogP contribution in [0, 0.1) is 0 Å². The number of hydrogen-bond donors (Lipinski definition) is 1. The van der Waals surface area contributed by atoms with Crippen LogP contribution in [-0.2, 0) is 17.8 Å². The first-order chi connectivity index (χ1) is 12.8. The van der Waals surface area contributed by atoms with E-state index in [0.717, 1.165) is 34.5 Å². The molecule has 4 aromatic rings. The second kappa shape index (κ2) is 7.61. The van der Waals surface area contributed by atoms with E-state index >= 15 is 0 Å². The first kappa shape index (κ1) is 16.7. The third-order valence-corrected chi connectivity index (χ3v) is 5.29. The van der Waals surface area contributed by atoms with Crippen molar-refractivity contribution >= 4 is 38.5 Å². The minimum Gasteiger partial charge on any atom is -0.356 e. The number of rotatable bonds is 7. The van der Waals surface area contributed by atoms with Gasteiger partial charge in [0.15, 0.2) is 0 Å². The van der Waals surface area contributed by atoms with Gasteiger partial charge in [-0.1, -0.05) is 29.5 Å². The van der Waals surface area contributed by atoms with Crippen LogP contribution in [0.2, 0.25) is 0 Å². The summed E-state index contributed by atoms with van der Waals surface area (Å²) in [5.74, 6) is 0.0627. The molecule has 0 atom stereocenters. The minimum atomic E-state index is 0.0627. The number of nitrogens with one attached hydrogen (secondary N) is 1. The molecule has 6 nitrogen and oxygen atoms in total. The van der Waals surface area contributed by atoms with Crippen molar-refractivity contribution in [2.24, 2.45) is 0 Å². The number of amides is 1. The van der Waals surface area contributed by atoms with Crippen molar-refractivity contribution in [2.75, 3.05) is 6.54 Å². The second-order valence-corrected chi connectivity index (χ2v) is 7.20. The van der Waals surface area contributed by atoms with Gasteiger partial charge in [-0.25, -0.2) is 9.67 Å². The van der Waals surface area contributed by atoms with Crippen LogP contribution in [0.3, 0.4) is 0 Å². The fraction of sp³-hybridized carbons (Fsp3) is 0.263. The summed E-state index contributed by atoms with van der Waals surface area (Å²) in [6, 6.07) is 15.9.